The second-order valence-electron chi connectivity index (χ2n) is 8.76. The van der Waals surface area contributed by atoms with Gasteiger partial charge in [0.25, 0.3) is 5.91 Å². The molecule has 3 aliphatic rings. The third kappa shape index (κ3) is 3.52. The fourth-order valence-electron chi connectivity index (χ4n) is 5.05. The van der Waals surface area contributed by atoms with E-state index in [1.807, 2.05) is 0 Å². The first-order valence-electron chi connectivity index (χ1n) is 10.9. The lowest BCUT2D eigenvalue weighted by Crippen LogP contribution is -2.47. The molecule has 2 N–H and O–H groups in total. The summed E-state index contributed by atoms with van der Waals surface area (Å²) < 4.78 is 34.4. The minimum atomic E-state index is -0.759. The Labute approximate surface area is 212 Å². The van der Waals surface area contributed by atoms with Crippen LogP contribution in [0.2, 0.25) is 5.02 Å². The molecule has 178 valence electrons. The number of amides is 3. The molecule has 6 rings (SSSR count). The maximum atomic E-state index is 14.0. The van der Waals surface area contributed by atoms with Crippen molar-refractivity contribution in [2.45, 2.75) is 18.1 Å². The first kappa shape index (κ1) is 22.5. The van der Waals surface area contributed by atoms with Gasteiger partial charge >= 0.3 is 6.03 Å². The number of carbonyl (C=O) groups is 2. The number of urea groups is 1. The van der Waals surface area contributed by atoms with E-state index in [4.69, 9.17) is 16.3 Å². The highest BCUT2D eigenvalue weighted by Crippen LogP contribution is 2.49. The van der Waals surface area contributed by atoms with E-state index in [1.165, 1.54) is 35.2 Å². The van der Waals surface area contributed by atoms with Gasteiger partial charge in [-0.3, -0.25) is 9.69 Å². The van der Waals surface area contributed by atoms with Gasteiger partial charge < -0.3 is 15.4 Å². The highest BCUT2D eigenvalue weighted by Gasteiger charge is 2.50. The van der Waals surface area contributed by atoms with Crippen LogP contribution >= 0.6 is 27.5 Å². The Morgan fingerprint density at radius 1 is 1.17 bits per heavy atom. The number of nitrogens with zero attached hydrogens (tertiary/aromatic N) is 1. The van der Waals surface area contributed by atoms with Crippen molar-refractivity contribution in [3.8, 4) is 0 Å². The van der Waals surface area contributed by atoms with Gasteiger partial charge in [-0.25, -0.2) is 13.6 Å². The molecule has 2 atom stereocenters. The smallest absolute Gasteiger partial charge is 0.326 e. The van der Waals surface area contributed by atoms with Crippen molar-refractivity contribution in [1.82, 2.24) is 5.32 Å². The van der Waals surface area contributed by atoms with Crippen LogP contribution < -0.4 is 15.5 Å². The van der Waals surface area contributed by atoms with E-state index in [2.05, 4.69) is 26.6 Å². The van der Waals surface area contributed by atoms with E-state index in [0.29, 0.717) is 51.1 Å². The van der Waals surface area contributed by atoms with Crippen molar-refractivity contribution in [2.75, 3.05) is 23.4 Å². The quantitative estimate of drug-likeness (QED) is 0.411. The zero-order valence-corrected chi connectivity index (χ0v) is 20.3. The average molecular weight is 561 g/mol. The number of halogens is 4. The summed E-state index contributed by atoms with van der Waals surface area (Å²) in [5, 5.41) is 6.01. The molecular formula is C25H17BrClF2N3O3. The van der Waals surface area contributed by atoms with Gasteiger partial charge in [0, 0.05) is 43.9 Å². The molecule has 6 nitrogen and oxygen atoms in total. The number of anilines is 2. The first-order chi connectivity index (χ1) is 16.8. The van der Waals surface area contributed by atoms with Gasteiger partial charge in [-0.15, -0.1) is 0 Å². The number of hydrogen-bond acceptors (Lipinski definition) is 3. The van der Waals surface area contributed by atoms with Crippen molar-refractivity contribution < 1.29 is 23.1 Å². The number of ether oxygens (including phenoxy) is 1. The van der Waals surface area contributed by atoms with Crippen LogP contribution in [0.3, 0.4) is 0 Å². The van der Waals surface area contributed by atoms with E-state index in [-0.39, 0.29) is 17.5 Å². The second kappa shape index (κ2) is 8.01. The highest BCUT2D eigenvalue weighted by molar-refractivity contribution is 9.10. The first-order valence-corrected chi connectivity index (χ1v) is 12.0. The molecule has 35 heavy (non-hydrogen) atoms. The standard InChI is InChI=1S/C25H17BrClF2N3O3/c26-12-7-16-21(22(31-23(16)33)15-9-13(28)1-3-18(15)27)19(8-12)30-24(34)32-11-25(5-6-35-25)17-10-14(29)2-4-20(17)32/h1-4,7-10,22H,5-6,11H2,(H,30,34)(H,31,33). The van der Waals surface area contributed by atoms with E-state index in [9.17, 15) is 18.4 Å². The van der Waals surface area contributed by atoms with Gasteiger partial charge in [0.2, 0.25) is 0 Å². The molecule has 10 heteroatoms. The largest absolute Gasteiger partial charge is 0.368 e. The van der Waals surface area contributed by atoms with Gasteiger partial charge in [-0.05, 0) is 48.5 Å². The predicted octanol–water partition coefficient (Wildman–Crippen LogP) is 5.88. The summed E-state index contributed by atoms with van der Waals surface area (Å²) in [6, 6.07) is 10.3. The molecule has 1 spiro atoms. The molecule has 0 saturated carbocycles. The molecule has 0 bridgehead atoms. The summed E-state index contributed by atoms with van der Waals surface area (Å²) in [5.74, 6) is -1.27. The van der Waals surface area contributed by atoms with E-state index < -0.39 is 29.3 Å². The molecule has 3 amide bonds. The summed E-state index contributed by atoms with van der Waals surface area (Å²) >= 11 is 9.74. The Kier molecular flexibility index (Phi) is 5.14. The SMILES string of the molecule is O=C1NC(c2cc(F)ccc2Cl)c2c(NC(=O)N3CC4(CCO4)c4cc(F)ccc43)cc(Br)cc21. The summed E-state index contributed by atoms with van der Waals surface area (Å²) in [6.45, 7) is 0.776. The molecule has 3 aromatic rings. The van der Waals surface area contributed by atoms with Crippen LogP contribution in [0.4, 0.5) is 25.0 Å². The fraction of sp³-hybridized carbons (Fsp3) is 0.200. The minimum absolute atomic E-state index is 0.240. The molecule has 0 aromatic heterocycles. The second-order valence-corrected chi connectivity index (χ2v) is 10.1. The number of nitrogens with one attached hydrogen (secondary N) is 2. The molecule has 2 unspecified atom stereocenters. The van der Waals surface area contributed by atoms with Gasteiger partial charge in [0.15, 0.2) is 0 Å². The molecule has 3 heterocycles. The molecule has 0 aliphatic carbocycles. The van der Waals surface area contributed by atoms with Gasteiger partial charge in [0.05, 0.1) is 24.9 Å². The number of carbonyl (C=O) groups excluding carboxylic acids is 2. The Balaban J connectivity index is 1.39. The summed E-state index contributed by atoms with van der Waals surface area (Å²) in [6.07, 6.45) is 0.679. The summed E-state index contributed by atoms with van der Waals surface area (Å²) in [7, 11) is 0. The lowest BCUT2D eigenvalue weighted by atomic mass is 9.88. The van der Waals surface area contributed by atoms with E-state index in [1.54, 1.807) is 18.2 Å². The monoisotopic (exact) mass is 559 g/mol. The number of benzene rings is 3. The molecule has 1 saturated heterocycles. The van der Waals surface area contributed by atoms with Crippen LogP contribution in [0.5, 0.6) is 0 Å². The lowest BCUT2D eigenvalue weighted by molar-refractivity contribution is -0.141. The molecular weight excluding hydrogens is 544 g/mol. The van der Waals surface area contributed by atoms with E-state index in [0.717, 1.165) is 0 Å². The molecule has 0 radical (unpaired) electrons. The van der Waals surface area contributed by atoms with Gasteiger partial charge in [-0.1, -0.05) is 27.5 Å². The van der Waals surface area contributed by atoms with Crippen LogP contribution in [-0.4, -0.2) is 25.1 Å². The van der Waals surface area contributed by atoms with Crippen molar-refractivity contribution >= 4 is 50.8 Å². The predicted molar refractivity (Wildman–Crippen MR) is 130 cm³/mol. The Hall–Kier alpha value is -3.01. The van der Waals surface area contributed by atoms with Crippen LogP contribution in [0.25, 0.3) is 0 Å². The van der Waals surface area contributed by atoms with Crippen LogP contribution in [0.15, 0.2) is 53.0 Å². The number of rotatable bonds is 2. The highest BCUT2D eigenvalue weighted by atomic mass is 79.9. The molecule has 1 fully saturated rings. The zero-order chi connectivity index (χ0) is 24.5. The van der Waals surface area contributed by atoms with Crippen molar-refractivity contribution in [3.63, 3.8) is 0 Å². The van der Waals surface area contributed by atoms with Gasteiger partial charge in [0.1, 0.15) is 17.2 Å². The van der Waals surface area contributed by atoms with Gasteiger partial charge in [-0.2, -0.15) is 0 Å². The van der Waals surface area contributed by atoms with Crippen LogP contribution in [0.1, 0.15) is 39.5 Å². The fourth-order valence-corrected chi connectivity index (χ4v) is 5.74. The van der Waals surface area contributed by atoms with Crippen molar-refractivity contribution in [1.29, 1.82) is 0 Å². The number of fused-ring (bicyclic) bond motifs is 3. The van der Waals surface area contributed by atoms with Crippen molar-refractivity contribution in [3.05, 3.63) is 91.9 Å². The molecule has 3 aromatic carbocycles. The normalized spacial score (nSPS) is 22.0. The summed E-state index contributed by atoms with van der Waals surface area (Å²) in [4.78, 5) is 27.8. The maximum Gasteiger partial charge on any atom is 0.326 e. The van der Waals surface area contributed by atoms with E-state index >= 15 is 0 Å². The third-order valence-electron chi connectivity index (χ3n) is 6.75. The Morgan fingerprint density at radius 3 is 2.66 bits per heavy atom. The Morgan fingerprint density at radius 2 is 1.91 bits per heavy atom. The zero-order valence-electron chi connectivity index (χ0n) is 18.0. The van der Waals surface area contributed by atoms with Crippen LogP contribution in [0, 0.1) is 11.6 Å². The minimum Gasteiger partial charge on any atom is -0.368 e. The average Bonchev–Trinajstić information content (AvgIpc) is 3.30. The summed E-state index contributed by atoms with van der Waals surface area (Å²) in [5.41, 5.74) is 2.04. The molecule has 3 aliphatic heterocycles. The lowest BCUT2D eigenvalue weighted by Gasteiger charge is -2.39. The topological polar surface area (TPSA) is 70.7 Å². The van der Waals surface area contributed by atoms with Crippen molar-refractivity contribution in [2.24, 2.45) is 0 Å². The maximum absolute atomic E-state index is 14.0. The number of hydrogen-bond donors (Lipinski definition) is 2. The van der Waals surface area contributed by atoms with Crippen LogP contribution in [-0.2, 0) is 10.3 Å². The third-order valence-corrected chi connectivity index (χ3v) is 7.55. The Bertz CT molecular complexity index is 1430.